The van der Waals surface area contributed by atoms with E-state index < -0.39 is 5.60 Å². The number of allylic oxidation sites excluding steroid dienone is 1. The summed E-state index contributed by atoms with van der Waals surface area (Å²) in [5, 5.41) is 11.8. The van der Waals surface area contributed by atoms with Crippen LogP contribution in [0, 0.1) is 0 Å². The van der Waals surface area contributed by atoms with Crippen LogP contribution in [-0.4, -0.2) is 16.6 Å². The van der Waals surface area contributed by atoms with Crippen molar-refractivity contribution in [3.05, 3.63) is 35.9 Å². The third-order valence-electron chi connectivity index (χ3n) is 2.05. The number of hydrogen-bond acceptors (Lipinski definition) is 3. The van der Waals surface area contributed by atoms with Gasteiger partial charge in [-0.25, -0.2) is 0 Å². The fourth-order valence-electron chi connectivity index (χ4n) is 1.18. The van der Waals surface area contributed by atoms with Crippen LogP contribution in [0.5, 0.6) is 0 Å². The van der Waals surface area contributed by atoms with Crippen LogP contribution in [0.15, 0.2) is 35.9 Å². The van der Waals surface area contributed by atoms with Crippen molar-refractivity contribution in [2.45, 2.75) is 40.2 Å². The predicted octanol–water partition coefficient (Wildman–Crippen LogP) is 2.80. The maximum absolute atomic E-state index is 11.5. The number of carbonyl (C=O) groups excluding carboxylic acids is 1. The van der Waals surface area contributed by atoms with Crippen LogP contribution >= 0.6 is 0 Å². The fourth-order valence-corrected chi connectivity index (χ4v) is 1.18. The minimum absolute atomic E-state index is 0.187. The van der Waals surface area contributed by atoms with E-state index in [2.05, 4.69) is 18.5 Å². The highest BCUT2D eigenvalue weighted by atomic mass is 16.5. The minimum Gasteiger partial charge on any atom is -0.506 e. The third-order valence-corrected chi connectivity index (χ3v) is 2.05. The number of hydrogen-bond donors (Lipinski definition) is 2. The summed E-state index contributed by atoms with van der Waals surface area (Å²) in [5.74, 6) is -0.193. The molecule has 0 bridgehead atoms. The molecule has 0 aromatic carbocycles. The van der Waals surface area contributed by atoms with Gasteiger partial charge in [0.05, 0.1) is 0 Å². The molecule has 0 atom stereocenters. The molecule has 1 rings (SSSR count). The zero-order valence-electron chi connectivity index (χ0n) is 11.2. The Balaban J connectivity index is 0.00000121. The van der Waals surface area contributed by atoms with Crippen LogP contribution in [0.1, 0.15) is 34.6 Å². The quantitative estimate of drug-likeness (QED) is 0.728. The Hall–Kier alpha value is -1.71. The molecule has 1 aliphatic rings. The molecule has 17 heavy (non-hydrogen) atoms. The Morgan fingerprint density at radius 1 is 1.35 bits per heavy atom. The van der Waals surface area contributed by atoms with Crippen molar-refractivity contribution < 1.29 is 14.6 Å². The van der Waals surface area contributed by atoms with E-state index in [1.54, 1.807) is 20.8 Å². The van der Waals surface area contributed by atoms with Crippen LogP contribution in [0.3, 0.4) is 0 Å². The van der Waals surface area contributed by atoms with E-state index in [0.717, 1.165) is 0 Å². The molecule has 0 spiro atoms. The van der Waals surface area contributed by atoms with Gasteiger partial charge in [-0.2, -0.15) is 0 Å². The maximum atomic E-state index is 11.5. The summed E-state index contributed by atoms with van der Waals surface area (Å²) in [6.45, 7) is 16.1. The number of aliphatic hydroxyl groups excluding tert-OH is 1. The summed E-state index contributed by atoms with van der Waals surface area (Å²) in [7, 11) is 0. The van der Waals surface area contributed by atoms with Gasteiger partial charge in [-0.1, -0.05) is 27.0 Å². The van der Waals surface area contributed by atoms with Gasteiger partial charge >= 0.3 is 0 Å². The van der Waals surface area contributed by atoms with E-state index in [0.29, 0.717) is 11.3 Å². The first kappa shape index (κ1) is 15.3. The molecule has 0 aromatic heterocycles. The molecule has 96 valence electrons. The van der Waals surface area contributed by atoms with Gasteiger partial charge in [0.25, 0.3) is 5.91 Å². The second-order valence-corrected chi connectivity index (χ2v) is 4.00. The second kappa shape index (κ2) is 5.57. The van der Waals surface area contributed by atoms with Gasteiger partial charge in [-0.15, -0.1) is 0 Å². The van der Waals surface area contributed by atoms with E-state index in [1.807, 2.05) is 13.8 Å². The SMILES string of the molecule is C=C(C)C1=C(C(=C)O)NC(=O)C(C)(C)O1.CC. The number of rotatable bonds is 2. The zero-order chi connectivity index (χ0) is 13.8. The van der Waals surface area contributed by atoms with Gasteiger partial charge in [0, 0.05) is 0 Å². The predicted molar refractivity (Wildman–Crippen MR) is 68.3 cm³/mol. The van der Waals surface area contributed by atoms with Crippen molar-refractivity contribution in [1.29, 1.82) is 0 Å². The molecule has 0 aromatic rings. The van der Waals surface area contributed by atoms with Crippen LogP contribution in [0.25, 0.3) is 0 Å². The summed E-state index contributed by atoms with van der Waals surface area (Å²) in [6, 6.07) is 0. The highest BCUT2D eigenvalue weighted by molar-refractivity contribution is 5.88. The van der Waals surface area contributed by atoms with Crippen molar-refractivity contribution >= 4 is 5.91 Å². The second-order valence-electron chi connectivity index (χ2n) is 4.00. The van der Waals surface area contributed by atoms with Crippen molar-refractivity contribution in [3.8, 4) is 0 Å². The molecule has 0 radical (unpaired) electrons. The molecular formula is C13H21NO3. The third kappa shape index (κ3) is 3.37. The van der Waals surface area contributed by atoms with Gasteiger partial charge in [0.2, 0.25) is 0 Å². The molecular weight excluding hydrogens is 218 g/mol. The first-order valence-corrected chi connectivity index (χ1v) is 5.54. The first-order chi connectivity index (χ1) is 7.75. The van der Waals surface area contributed by atoms with E-state index in [1.165, 1.54) is 0 Å². The molecule has 0 fully saturated rings. The largest absolute Gasteiger partial charge is 0.506 e. The summed E-state index contributed by atoms with van der Waals surface area (Å²) in [5.41, 5.74) is -0.159. The fraction of sp³-hybridized carbons (Fsp3) is 0.462. The molecule has 0 aliphatic carbocycles. The van der Waals surface area contributed by atoms with Crippen molar-refractivity contribution in [2.24, 2.45) is 0 Å². The molecule has 1 amide bonds. The average molecular weight is 239 g/mol. The summed E-state index contributed by atoms with van der Waals surface area (Å²) >= 11 is 0. The number of nitrogens with one attached hydrogen (secondary N) is 1. The average Bonchev–Trinajstić information content (AvgIpc) is 2.23. The molecule has 4 nitrogen and oxygen atoms in total. The molecule has 0 saturated heterocycles. The van der Waals surface area contributed by atoms with Crippen molar-refractivity contribution in [2.75, 3.05) is 0 Å². The lowest BCUT2D eigenvalue weighted by Gasteiger charge is -2.33. The zero-order valence-corrected chi connectivity index (χ0v) is 11.2. The smallest absolute Gasteiger partial charge is 0.268 e. The normalized spacial score (nSPS) is 17.4. The Morgan fingerprint density at radius 3 is 2.18 bits per heavy atom. The van der Waals surface area contributed by atoms with Gasteiger partial charge in [0.15, 0.2) is 11.4 Å². The van der Waals surface area contributed by atoms with Gasteiger partial charge < -0.3 is 15.2 Å². The molecule has 0 unspecified atom stereocenters. The lowest BCUT2D eigenvalue weighted by Crippen LogP contribution is -2.48. The summed E-state index contributed by atoms with van der Waals surface area (Å²) in [4.78, 5) is 11.5. The highest BCUT2D eigenvalue weighted by Crippen LogP contribution is 2.28. The molecule has 1 heterocycles. The Morgan fingerprint density at radius 2 is 1.82 bits per heavy atom. The van der Waals surface area contributed by atoms with E-state index in [-0.39, 0.29) is 17.4 Å². The van der Waals surface area contributed by atoms with Crippen LogP contribution in [-0.2, 0) is 9.53 Å². The van der Waals surface area contributed by atoms with Gasteiger partial charge in [-0.3, -0.25) is 4.79 Å². The Bertz CT molecular complexity index is 378. The molecule has 2 N–H and O–H groups in total. The molecule has 4 heteroatoms. The minimum atomic E-state index is -0.965. The van der Waals surface area contributed by atoms with Crippen LogP contribution < -0.4 is 5.32 Å². The Kier molecular flexibility index (Phi) is 5.01. The van der Waals surface area contributed by atoms with Gasteiger partial charge in [0.1, 0.15) is 11.5 Å². The lowest BCUT2D eigenvalue weighted by molar-refractivity contribution is -0.140. The van der Waals surface area contributed by atoms with E-state index in [4.69, 9.17) is 4.74 Å². The number of aliphatic hydroxyl groups is 1. The number of ether oxygens (including phenoxy) is 1. The topological polar surface area (TPSA) is 58.6 Å². The van der Waals surface area contributed by atoms with Gasteiger partial charge in [-0.05, 0) is 26.3 Å². The van der Waals surface area contributed by atoms with Crippen molar-refractivity contribution in [1.82, 2.24) is 5.32 Å². The lowest BCUT2D eigenvalue weighted by atomic mass is 10.0. The Labute approximate surface area is 103 Å². The van der Waals surface area contributed by atoms with Crippen molar-refractivity contribution in [3.63, 3.8) is 0 Å². The van der Waals surface area contributed by atoms with E-state index in [9.17, 15) is 9.90 Å². The summed E-state index contributed by atoms with van der Waals surface area (Å²) < 4.78 is 5.47. The van der Waals surface area contributed by atoms with Crippen LogP contribution in [0.4, 0.5) is 0 Å². The summed E-state index contributed by atoms with van der Waals surface area (Å²) in [6.07, 6.45) is 0. The standard InChI is InChI=1S/C11H15NO3.C2H6/c1-6(2)9-8(7(3)13)12-10(14)11(4,5)15-9;1-2/h13H,1,3H2,2,4-5H3,(H,12,14);1-2H3. The monoisotopic (exact) mass is 239 g/mol. The highest BCUT2D eigenvalue weighted by Gasteiger charge is 2.37. The first-order valence-electron chi connectivity index (χ1n) is 5.54. The number of amides is 1. The molecule has 0 saturated carbocycles. The molecule has 1 aliphatic heterocycles. The number of carbonyl (C=O) groups is 1. The van der Waals surface area contributed by atoms with E-state index >= 15 is 0 Å². The maximum Gasteiger partial charge on any atom is 0.268 e. The van der Waals surface area contributed by atoms with Crippen LogP contribution in [0.2, 0.25) is 0 Å².